The Bertz CT molecular complexity index is 1400. The van der Waals surface area contributed by atoms with Gasteiger partial charge in [0.05, 0.1) is 18.8 Å². The molecular weight excluding hydrogens is 596 g/mol. The molecule has 0 bridgehead atoms. The van der Waals surface area contributed by atoms with Crippen molar-refractivity contribution in [1.82, 2.24) is 15.3 Å². The molecule has 2 aliphatic heterocycles. The molecule has 4 N–H and O–H groups in total. The number of rotatable bonds is 15. The van der Waals surface area contributed by atoms with Crippen molar-refractivity contribution >= 4 is 17.5 Å². The molecule has 2 saturated heterocycles. The molecule has 0 radical (unpaired) electrons. The molecule has 47 heavy (non-hydrogen) atoms. The van der Waals surface area contributed by atoms with Gasteiger partial charge in [0.15, 0.2) is 6.29 Å². The Kier molecular flexibility index (Phi) is 13.3. The van der Waals surface area contributed by atoms with E-state index in [2.05, 4.69) is 45.4 Å². The number of unbranched alkanes of at least 4 members (excludes halogenated alkanes) is 3. The maximum Gasteiger partial charge on any atom is 0.243 e. The highest BCUT2D eigenvalue weighted by Gasteiger charge is 2.34. The van der Waals surface area contributed by atoms with E-state index in [1.165, 1.54) is 5.56 Å². The summed E-state index contributed by atoms with van der Waals surface area (Å²) in [6, 6.07) is 26.2. The highest BCUT2D eigenvalue weighted by molar-refractivity contribution is 5.90. The summed E-state index contributed by atoms with van der Waals surface area (Å²) in [4.78, 5) is 28.8. The maximum absolute atomic E-state index is 12.7. The van der Waals surface area contributed by atoms with Crippen LogP contribution in [-0.2, 0) is 32.2 Å². The number of carbonyl (C=O) groups is 2. The topological polar surface area (TPSA) is 124 Å². The summed E-state index contributed by atoms with van der Waals surface area (Å²) < 4.78 is 13.2. The van der Waals surface area contributed by atoms with Gasteiger partial charge >= 0.3 is 0 Å². The van der Waals surface area contributed by atoms with Crippen molar-refractivity contribution in [1.29, 1.82) is 0 Å². The van der Waals surface area contributed by atoms with E-state index in [1.54, 1.807) is 5.48 Å². The fourth-order valence-corrected chi connectivity index (χ4v) is 6.26. The molecule has 252 valence electrons. The minimum Gasteiger partial charge on any atom is -0.392 e. The molecule has 0 spiro atoms. The second-order valence-corrected chi connectivity index (χ2v) is 12.5. The molecule has 2 heterocycles. The maximum atomic E-state index is 12.7. The van der Waals surface area contributed by atoms with Crippen LogP contribution in [0.3, 0.4) is 0 Å². The molecule has 0 unspecified atom stereocenters. The summed E-state index contributed by atoms with van der Waals surface area (Å²) >= 11 is 0. The van der Waals surface area contributed by atoms with Crippen LogP contribution in [0, 0.1) is 0 Å². The van der Waals surface area contributed by atoms with Gasteiger partial charge in [-0.25, -0.2) is 5.48 Å². The molecule has 2 amide bonds. The molecule has 3 atom stereocenters. The standard InChI is InChI=1S/C37H48N4O6/c42-27-29-15-17-30(18-16-29)34-24-33(26-41-21-19-40(20-22-41)25-28-9-4-3-5-10-28)46-37(47-34)31-11-8-12-32(23-31)38-35(43)13-6-1-2-7-14-36(44)39-45/h3-5,8-12,15-18,23,33-34,37,42,45H,1-2,6-7,13-14,19-22,24-27H2,(H,38,43)(H,39,44)/t33-,34+,37+/m1/s1. The first kappa shape index (κ1) is 34.7. The summed E-state index contributed by atoms with van der Waals surface area (Å²) in [5.41, 5.74) is 6.43. The minimum absolute atomic E-state index is 0.00171. The average Bonchev–Trinajstić information content (AvgIpc) is 3.11. The van der Waals surface area contributed by atoms with Gasteiger partial charge in [0.1, 0.15) is 0 Å². The van der Waals surface area contributed by atoms with Crippen molar-refractivity contribution in [3.05, 3.63) is 101 Å². The van der Waals surface area contributed by atoms with Gasteiger partial charge in [-0.15, -0.1) is 0 Å². The second-order valence-electron chi connectivity index (χ2n) is 12.5. The predicted molar refractivity (Wildman–Crippen MR) is 179 cm³/mol. The van der Waals surface area contributed by atoms with E-state index in [0.29, 0.717) is 18.5 Å². The number of amides is 2. The normalized spacial score (nSPS) is 20.5. The third-order valence-corrected chi connectivity index (χ3v) is 8.92. The number of nitrogens with zero attached hydrogens (tertiary/aromatic N) is 2. The average molecular weight is 645 g/mol. The fraction of sp³-hybridized carbons (Fsp3) is 0.459. The minimum atomic E-state index is -0.594. The Labute approximate surface area is 277 Å². The quantitative estimate of drug-likeness (QED) is 0.0996. The lowest BCUT2D eigenvalue weighted by Crippen LogP contribution is -2.49. The molecule has 5 rings (SSSR count). The third kappa shape index (κ3) is 11.0. The highest BCUT2D eigenvalue weighted by atomic mass is 16.7. The first-order valence-corrected chi connectivity index (χ1v) is 16.8. The molecule has 2 fully saturated rings. The molecule has 10 heteroatoms. The lowest BCUT2D eigenvalue weighted by molar-refractivity contribution is -0.253. The first-order chi connectivity index (χ1) is 23.0. The lowest BCUT2D eigenvalue weighted by Gasteiger charge is -2.41. The van der Waals surface area contributed by atoms with Crippen LogP contribution in [0.15, 0.2) is 78.9 Å². The van der Waals surface area contributed by atoms with Crippen molar-refractivity contribution in [3.63, 3.8) is 0 Å². The Morgan fingerprint density at radius 1 is 0.745 bits per heavy atom. The number of benzene rings is 3. The van der Waals surface area contributed by atoms with Gasteiger partial charge in [0.2, 0.25) is 11.8 Å². The summed E-state index contributed by atoms with van der Waals surface area (Å²) in [5, 5.41) is 21.1. The van der Waals surface area contributed by atoms with E-state index >= 15 is 0 Å². The first-order valence-electron chi connectivity index (χ1n) is 16.8. The number of hydrogen-bond donors (Lipinski definition) is 4. The van der Waals surface area contributed by atoms with Gasteiger partial charge in [-0.2, -0.15) is 0 Å². The van der Waals surface area contributed by atoms with E-state index in [4.69, 9.17) is 14.7 Å². The lowest BCUT2D eigenvalue weighted by atomic mass is 9.99. The number of nitrogens with one attached hydrogen (secondary N) is 2. The van der Waals surface area contributed by atoms with E-state index in [-0.39, 0.29) is 37.0 Å². The highest BCUT2D eigenvalue weighted by Crippen LogP contribution is 2.38. The number of aliphatic hydroxyl groups is 1. The summed E-state index contributed by atoms with van der Waals surface area (Å²) in [7, 11) is 0. The van der Waals surface area contributed by atoms with Crippen molar-refractivity contribution < 1.29 is 29.4 Å². The zero-order valence-electron chi connectivity index (χ0n) is 27.1. The van der Waals surface area contributed by atoms with Crippen LogP contribution >= 0.6 is 0 Å². The van der Waals surface area contributed by atoms with Gasteiger partial charge < -0.3 is 19.9 Å². The number of aliphatic hydroxyl groups excluding tert-OH is 1. The van der Waals surface area contributed by atoms with Gasteiger partial charge in [0, 0.05) is 69.8 Å². The van der Waals surface area contributed by atoms with Crippen molar-refractivity contribution in [2.75, 3.05) is 38.0 Å². The van der Waals surface area contributed by atoms with E-state index in [0.717, 1.165) is 81.6 Å². The molecule has 3 aromatic rings. The Hall–Kier alpha value is -3.64. The monoisotopic (exact) mass is 644 g/mol. The zero-order valence-corrected chi connectivity index (χ0v) is 27.1. The van der Waals surface area contributed by atoms with Crippen LogP contribution in [-0.4, -0.2) is 70.8 Å². The van der Waals surface area contributed by atoms with Crippen LogP contribution in [0.2, 0.25) is 0 Å². The molecule has 3 aromatic carbocycles. The van der Waals surface area contributed by atoms with E-state index in [1.807, 2.05) is 48.5 Å². The van der Waals surface area contributed by atoms with Gasteiger partial charge in [0.25, 0.3) is 0 Å². The molecular formula is C37H48N4O6. The predicted octanol–water partition coefficient (Wildman–Crippen LogP) is 5.33. The number of ether oxygens (including phenoxy) is 2. The summed E-state index contributed by atoms with van der Waals surface area (Å²) in [6.45, 7) is 5.76. The Morgan fingerprint density at radius 3 is 2.15 bits per heavy atom. The largest absolute Gasteiger partial charge is 0.392 e. The second kappa shape index (κ2) is 18.1. The van der Waals surface area contributed by atoms with Crippen molar-refractivity contribution in [3.8, 4) is 0 Å². The van der Waals surface area contributed by atoms with Crippen LogP contribution in [0.5, 0.6) is 0 Å². The van der Waals surface area contributed by atoms with Crippen LogP contribution < -0.4 is 10.8 Å². The van der Waals surface area contributed by atoms with Gasteiger partial charge in [-0.05, 0) is 41.7 Å². The Morgan fingerprint density at radius 2 is 1.45 bits per heavy atom. The van der Waals surface area contributed by atoms with E-state index in [9.17, 15) is 14.7 Å². The molecule has 0 saturated carbocycles. The third-order valence-electron chi connectivity index (χ3n) is 8.92. The number of piperazine rings is 1. The SMILES string of the molecule is O=C(CCCCCCC(=O)Nc1cccc([C@H]2O[C@@H](CN3CCN(Cc4ccccc4)CC3)C[C@@H](c3ccc(CO)cc3)O2)c1)NO. The Balaban J connectivity index is 1.18. The van der Waals surface area contributed by atoms with Gasteiger partial charge in [-0.1, -0.05) is 79.6 Å². The van der Waals surface area contributed by atoms with Crippen LogP contribution in [0.1, 0.15) is 79.6 Å². The number of anilines is 1. The number of carbonyl (C=O) groups excluding carboxylic acids is 2. The summed E-state index contributed by atoms with van der Waals surface area (Å²) in [5.74, 6) is -0.449. The fourth-order valence-electron chi connectivity index (χ4n) is 6.26. The zero-order chi connectivity index (χ0) is 32.8. The van der Waals surface area contributed by atoms with Crippen molar-refractivity contribution in [2.24, 2.45) is 0 Å². The molecule has 2 aliphatic rings. The molecule has 10 nitrogen and oxygen atoms in total. The van der Waals surface area contributed by atoms with Crippen molar-refractivity contribution in [2.45, 2.75) is 76.6 Å². The van der Waals surface area contributed by atoms with Gasteiger partial charge in [-0.3, -0.25) is 24.6 Å². The number of hydroxylamine groups is 1. The molecule has 0 aromatic heterocycles. The van der Waals surface area contributed by atoms with Crippen LogP contribution in [0.4, 0.5) is 5.69 Å². The molecule has 0 aliphatic carbocycles. The number of hydrogen-bond acceptors (Lipinski definition) is 8. The smallest absolute Gasteiger partial charge is 0.243 e. The summed E-state index contributed by atoms with van der Waals surface area (Å²) in [6.07, 6.45) is 3.63. The van der Waals surface area contributed by atoms with Crippen LogP contribution in [0.25, 0.3) is 0 Å². The van der Waals surface area contributed by atoms with E-state index < -0.39 is 6.29 Å².